The minimum absolute atomic E-state index is 0.687. The van der Waals surface area contributed by atoms with Crippen molar-refractivity contribution in [2.45, 2.75) is 0 Å². The van der Waals surface area contributed by atoms with Crippen molar-refractivity contribution in [3.8, 4) is 0 Å². The maximum atomic E-state index is 5.29. The van der Waals surface area contributed by atoms with Gasteiger partial charge >= 0.3 is 0 Å². The quantitative estimate of drug-likeness (QED) is 0.592. The molecule has 3 heteroatoms. The number of aromatic amines is 1. The number of nitrogen functional groups attached to an aromatic ring is 1. The summed E-state index contributed by atoms with van der Waals surface area (Å²) in [6.07, 6.45) is 1.79. The van der Waals surface area contributed by atoms with Gasteiger partial charge in [0.1, 0.15) is 5.82 Å². The largest absolute Gasteiger partial charge is 0.385 e. The van der Waals surface area contributed by atoms with Crippen LogP contribution >= 0.6 is 15.9 Å². The van der Waals surface area contributed by atoms with Crippen molar-refractivity contribution >= 4 is 21.7 Å². The van der Waals surface area contributed by atoms with Gasteiger partial charge in [0.25, 0.3) is 0 Å². The molecule has 0 radical (unpaired) electrons. The van der Waals surface area contributed by atoms with E-state index in [1.165, 1.54) is 0 Å². The zero-order valence-electron chi connectivity index (χ0n) is 3.61. The van der Waals surface area contributed by atoms with Crippen LogP contribution in [0.15, 0.2) is 16.7 Å². The van der Waals surface area contributed by atoms with Gasteiger partial charge < -0.3 is 10.7 Å². The average Bonchev–Trinajstić information content (AvgIpc) is 1.87. The highest BCUT2D eigenvalue weighted by Gasteiger charge is 1.85. The van der Waals surface area contributed by atoms with Gasteiger partial charge in [-0.15, -0.1) is 0 Å². The van der Waals surface area contributed by atoms with Gasteiger partial charge in [-0.2, -0.15) is 0 Å². The number of H-pyrrole nitrogens is 1. The molecular weight excluding hydrogens is 156 g/mol. The number of nitrogens with one attached hydrogen (secondary N) is 1. The van der Waals surface area contributed by atoms with Gasteiger partial charge in [0.05, 0.1) is 0 Å². The van der Waals surface area contributed by atoms with E-state index in [0.29, 0.717) is 5.82 Å². The van der Waals surface area contributed by atoms with Crippen LogP contribution in [0.2, 0.25) is 0 Å². The number of aromatic nitrogens is 1. The lowest BCUT2D eigenvalue weighted by molar-refractivity contribution is 1.41. The van der Waals surface area contributed by atoms with Crippen LogP contribution in [0.4, 0.5) is 5.82 Å². The molecular formula is C4H5BrN2. The second-order valence-electron chi connectivity index (χ2n) is 1.27. The van der Waals surface area contributed by atoms with Crippen molar-refractivity contribution in [1.82, 2.24) is 4.98 Å². The van der Waals surface area contributed by atoms with Crippen molar-refractivity contribution in [3.05, 3.63) is 16.7 Å². The molecule has 1 heterocycles. The Morgan fingerprint density at radius 2 is 2.43 bits per heavy atom. The first-order valence-corrected chi connectivity index (χ1v) is 2.68. The summed E-state index contributed by atoms with van der Waals surface area (Å²) in [5, 5.41) is 0. The van der Waals surface area contributed by atoms with E-state index in [1.807, 2.05) is 0 Å². The van der Waals surface area contributed by atoms with Crippen LogP contribution in [0.3, 0.4) is 0 Å². The number of hydrogen-bond donors (Lipinski definition) is 2. The second kappa shape index (κ2) is 1.58. The van der Waals surface area contributed by atoms with Crippen molar-refractivity contribution in [3.63, 3.8) is 0 Å². The maximum absolute atomic E-state index is 5.29. The molecule has 0 saturated carbocycles. The Kier molecular flexibility index (Phi) is 1.06. The van der Waals surface area contributed by atoms with Gasteiger partial charge in [0.2, 0.25) is 0 Å². The third-order valence-electron chi connectivity index (χ3n) is 0.670. The third-order valence-corrected chi connectivity index (χ3v) is 1.13. The van der Waals surface area contributed by atoms with Gasteiger partial charge in [0.15, 0.2) is 0 Å². The van der Waals surface area contributed by atoms with Crippen molar-refractivity contribution < 1.29 is 0 Å². The first-order valence-electron chi connectivity index (χ1n) is 1.88. The Morgan fingerprint density at radius 3 is 2.57 bits per heavy atom. The van der Waals surface area contributed by atoms with Crippen LogP contribution in [0.5, 0.6) is 0 Å². The summed E-state index contributed by atoms with van der Waals surface area (Å²) >= 11 is 3.22. The third kappa shape index (κ3) is 0.962. The lowest BCUT2D eigenvalue weighted by Crippen LogP contribution is -1.79. The topological polar surface area (TPSA) is 41.8 Å². The lowest BCUT2D eigenvalue weighted by Gasteiger charge is -1.72. The van der Waals surface area contributed by atoms with Crippen molar-refractivity contribution in [1.29, 1.82) is 0 Å². The molecule has 0 aromatic carbocycles. The van der Waals surface area contributed by atoms with Gasteiger partial charge in [-0.05, 0) is 22.0 Å². The summed E-state index contributed by atoms with van der Waals surface area (Å²) in [4.78, 5) is 2.80. The summed E-state index contributed by atoms with van der Waals surface area (Å²) in [5.74, 6) is 0.687. The molecule has 2 nitrogen and oxygen atoms in total. The Balaban J connectivity index is 3.04. The molecule has 0 amide bonds. The van der Waals surface area contributed by atoms with Crippen LogP contribution in [-0.4, -0.2) is 4.98 Å². The van der Waals surface area contributed by atoms with E-state index in [0.717, 1.165) is 4.47 Å². The van der Waals surface area contributed by atoms with E-state index < -0.39 is 0 Å². The first kappa shape index (κ1) is 4.71. The van der Waals surface area contributed by atoms with Gasteiger partial charge in [-0.1, -0.05) is 0 Å². The van der Waals surface area contributed by atoms with Gasteiger partial charge in [-0.25, -0.2) is 0 Å². The summed E-state index contributed by atoms with van der Waals surface area (Å²) in [6, 6.07) is 1.81. The summed E-state index contributed by atoms with van der Waals surface area (Å²) < 4.78 is 0.991. The number of halogens is 1. The number of anilines is 1. The zero-order valence-corrected chi connectivity index (χ0v) is 5.20. The van der Waals surface area contributed by atoms with Crippen LogP contribution < -0.4 is 5.73 Å². The molecule has 0 bridgehead atoms. The summed E-state index contributed by atoms with van der Waals surface area (Å²) in [5.41, 5.74) is 5.29. The standard InChI is InChI=1S/C4H5BrN2/c5-3-1-4(6)7-2-3/h1-2,7H,6H2. The lowest BCUT2D eigenvalue weighted by atomic mass is 10.6. The molecule has 0 aliphatic heterocycles. The van der Waals surface area contributed by atoms with Crippen LogP contribution in [0.25, 0.3) is 0 Å². The van der Waals surface area contributed by atoms with Crippen LogP contribution in [0.1, 0.15) is 0 Å². The number of rotatable bonds is 0. The predicted molar refractivity (Wildman–Crippen MR) is 32.9 cm³/mol. The molecule has 0 spiro atoms. The van der Waals surface area contributed by atoms with Crippen molar-refractivity contribution in [2.75, 3.05) is 5.73 Å². The Bertz CT molecular complexity index is 142. The molecule has 0 aliphatic rings. The van der Waals surface area contributed by atoms with Crippen molar-refractivity contribution in [2.24, 2.45) is 0 Å². The molecule has 0 unspecified atom stereocenters. The minimum Gasteiger partial charge on any atom is -0.385 e. The van der Waals surface area contributed by atoms with E-state index in [1.54, 1.807) is 12.3 Å². The molecule has 7 heavy (non-hydrogen) atoms. The molecule has 0 fully saturated rings. The van der Waals surface area contributed by atoms with Crippen LogP contribution in [-0.2, 0) is 0 Å². The molecule has 1 rings (SSSR count). The highest BCUT2D eigenvalue weighted by molar-refractivity contribution is 9.10. The monoisotopic (exact) mass is 160 g/mol. The first-order chi connectivity index (χ1) is 3.29. The average molecular weight is 161 g/mol. The van der Waals surface area contributed by atoms with E-state index in [-0.39, 0.29) is 0 Å². The molecule has 0 atom stereocenters. The Labute approximate surface area is 49.8 Å². The van der Waals surface area contributed by atoms with E-state index in [2.05, 4.69) is 20.9 Å². The highest BCUT2D eigenvalue weighted by Crippen LogP contribution is 2.10. The maximum Gasteiger partial charge on any atom is 0.101 e. The molecule has 0 aliphatic carbocycles. The van der Waals surface area contributed by atoms with E-state index in [4.69, 9.17) is 5.73 Å². The molecule has 3 N–H and O–H groups in total. The van der Waals surface area contributed by atoms with E-state index >= 15 is 0 Å². The van der Waals surface area contributed by atoms with Gasteiger partial charge in [0, 0.05) is 10.7 Å². The van der Waals surface area contributed by atoms with Gasteiger partial charge in [-0.3, -0.25) is 0 Å². The van der Waals surface area contributed by atoms with Crippen LogP contribution in [0, 0.1) is 0 Å². The summed E-state index contributed by atoms with van der Waals surface area (Å²) in [7, 11) is 0. The Hall–Kier alpha value is -0.440. The fraction of sp³-hybridized carbons (Fsp3) is 0. The fourth-order valence-electron chi connectivity index (χ4n) is 0.384. The van der Waals surface area contributed by atoms with E-state index in [9.17, 15) is 0 Å². The molecule has 1 aromatic heterocycles. The molecule has 38 valence electrons. The summed E-state index contributed by atoms with van der Waals surface area (Å²) in [6.45, 7) is 0. The zero-order chi connectivity index (χ0) is 5.28. The molecule has 1 aromatic rings. The number of nitrogens with two attached hydrogens (primary N) is 1. The fourth-order valence-corrected chi connectivity index (χ4v) is 0.745. The highest BCUT2D eigenvalue weighted by atomic mass is 79.9. The normalized spacial score (nSPS) is 9.29. The molecule has 0 saturated heterocycles. The SMILES string of the molecule is Nc1cc(Br)c[nH]1. The Morgan fingerprint density at radius 1 is 1.71 bits per heavy atom. The smallest absolute Gasteiger partial charge is 0.101 e. The predicted octanol–water partition coefficient (Wildman–Crippen LogP) is 1.36. The second-order valence-corrected chi connectivity index (χ2v) is 2.19. The minimum atomic E-state index is 0.687. The number of hydrogen-bond acceptors (Lipinski definition) is 1.